The van der Waals surface area contributed by atoms with Gasteiger partial charge in [-0.05, 0) is 18.2 Å². The van der Waals surface area contributed by atoms with Crippen LogP contribution in [-0.4, -0.2) is 49.2 Å². The maximum atomic E-state index is 14.3. The summed E-state index contributed by atoms with van der Waals surface area (Å²) >= 11 is 0. The van der Waals surface area contributed by atoms with E-state index in [1.165, 1.54) is 13.2 Å². The van der Waals surface area contributed by atoms with Gasteiger partial charge < -0.3 is 30.4 Å². The van der Waals surface area contributed by atoms with Crippen LogP contribution >= 0.6 is 0 Å². The van der Waals surface area contributed by atoms with Crippen LogP contribution in [-0.2, 0) is 0 Å². The summed E-state index contributed by atoms with van der Waals surface area (Å²) in [6.45, 7) is 2.35. The Morgan fingerprint density at radius 3 is 3.06 bits per heavy atom. The number of nitrogens with zero attached hydrogens (tertiary/aromatic N) is 1. The molecule has 0 fully saturated rings. The van der Waals surface area contributed by atoms with E-state index in [9.17, 15) is 9.18 Å². The van der Waals surface area contributed by atoms with E-state index in [0.29, 0.717) is 54.6 Å². The SMILES string of the molecule is COc1c(F)cccc1Nc1c2[nH]c3c1C(=O)NC[C@@H]3CNCCOc1cnccc1-2. The maximum absolute atomic E-state index is 14.3. The Labute approximate surface area is 178 Å². The molecule has 2 aliphatic rings. The smallest absolute Gasteiger partial charge is 0.255 e. The quantitative estimate of drug-likeness (QED) is 0.517. The molecule has 3 aromatic rings. The number of amides is 1. The van der Waals surface area contributed by atoms with Crippen molar-refractivity contribution >= 4 is 17.3 Å². The van der Waals surface area contributed by atoms with Crippen LogP contribution in [0.4, 0.5) is 15.8 Å². The van der Waals surface area contributed by atoms with E-state index in [0.717, 1.165) is 11.3 Å². The number of carbonyl (C=O) groups is 1. The van der Waals surface area contributed by atoms with Crippen LogP contribution in [0.3, 0.4) is 0 Å². The van der Waals surface area contributed by atoms with Crippen LogP contribution in [0.25, 0.3) is 11.3 Å². The minimum Gasteiger partial charge on any atom is -0.492 e. The van der Waals surface area contributed by atoms with Crippen molar-refractivity contribution in [2.45, 2.75) is 5.92 Å². The number of anilines is 2. The molecular formula is C22H22FN5O3. The summed E-state index contributed by atoms with van der Waals surface area (Å²) in [5.41, 5.74) is 3.73. The van der Waals surface area contributed by atoms with E-state index in [2.05, 4.69) is 25.9 Å². The van der Waals surface area contributed by atoms with Crippen molar-refractivity contribution in [3.63, 3.8) is 0 Å². The molecular weight excluding hydrogens is 401 g/mol. The van der Waals surface area contributed by atoms with E-state index in [1.807, 2.05) is 6.07 Å². The Kier molecular flexibility index (Phi) is 4.95. The summed E-state index contributed by atoms with van der Waals surface area (Å²) < 4.78 is 25.5. The van der Waals surface area contributed by atoms with Crippen molar-refractivity contribution in [3.8, 4) is 22.8 Å². The van der Waals surface area contributed by atoms with Crippen molar-refractivity contribution < 1.29 is 18.7 Å². The number of aromatic nitrogens is 2. The van der Waals surface area contributed by atoms with Gasteiger partial charge in [0.15, 0.2) is 11.6 Å². The molecule has 9 heteroatoms. The molecule has 1 atom stereocenters. The molecule has 1 amide bonds. The number of ether oxygens (including phenoxy) is 2. The molecule has 160 valence electrons. The molecule has 4 heterocycles. The Morgan fingerprint density at radius 1 is 1.29 bits per heavy atom. The van der Waals surface area contributed by atoms with Crippen molar-refractivity contribution in [2.24, 2.45) is 0 Å². The minimum absolute atomic E-state index is 0.0554. The van der Waals surface area contributed by atoms with Gasteiger partial charge in [-0.25, -0.2) is 4.39 Å². The third kappa shape index (κ3) is 3.36. The average Bonchev–Trinajstić information content (AvgIpc) is 3.13. The van der Waals surface area contributed by atoms with Gasteiger partial charge in [-0.3, -0.25) is 9.78 Å². The number of carbonyl (C=O) groups excluding carboxylic acids is 1. The molecule has 0 unspecified atom stereocenters. The van der Waals surface area contributed by atoms with Gasteiger partial charge in [0.05, 0.1) is 35.9 Å². The van der Waals surface area contributed by atoms with Crippen LogP contribution < -0.4 is 25.4 Å². The summed E-state index contributed by atoms with van der Waals surface area (Å²) in [4.78, 5) is 20.6. The van der Waals surface area contributed by atoms with E-state index < -0.39 is 5.82 Å². The van der Waals surface area contributed by atoms with Crippen LogP contribution in [0.1, 0.15) is 22.0 Å². The first-order valence-corrected chi connectivity index (χ1v) is 10.1. The second-order valence-electron chi connectivity index (χ2n) is 7.44. The van der Waals surface area contributed by atoms with Crippen LogP contribution in [0.2, 0.25) is 0 Å². The van der Waals surface area contributed by atoms with Crippen LogP contribution in [0.15, 0.2) is 36.7 Å². The topological polar surface area (TPSA) is 100 Å². The lowest BCUT2D eigenvalue weighted by Crippen LogP contribution is -2.39. The average molecular weight is 423 g/mol. The van der Waals surface area contributed by atoms with Crippen molar-refractivity contribution in [1.29, 1.82) is 0 Å². The number of aromatic amines is 1. The highest BCUT2D eigenvalue weighted by Crippen LogP contribution is 2.43. The molecule has 5 rings (SSSR count). The summed E-state index contributed by atoms with van der Waals surface area (Å²) in [7, 11) is 1.41. The molecule has 0 saturated carbocycles. The predicted octanol–water partition coefficient (Wildman–Crippen LogP) is 2.78. The third-order valence-electron chi connectivity index (χ3n) is 5.59. The lowest BCUT2D eigenvalue weighted by molar-refractivity contribution is 0.0940. The molecule has 2 aliphatic heterocycles. The van der Waals surface area contributed by atoms with Gasteiger partial charge in [0, 0.05) is 43.0 Å². The number of H-pyrrole nitrogens is 1. The van der Waals surface area contributed by atoms with Gasteiger partial charge >= 0.3 is 0 Å². The van der Waals surface area contributed by atoms with E-state index in [4.69, 9.17) is 9.47 Å². The first-order valence-electron chi connectivity index (χ1n) is 10.1. The fourth-order valence-corrected chi connectivity index (χ4v) is 4.13. The minimum atomic E-state index is -0.493. The van der Waals surface area contributed by atoms with E-state index in [1.54, 1.807) is 24.5 Å². The standard InChI is InChI=1S/C22H22FN5O3/c1-30-21-14(23)3-2-4-15(21)27-20-17-18-12(10-26-22(17)29)9-25-7-8-31-16-11-24-6-5-13(16)19(20)28-18/h2-6,11-12,25,27-28H,7-10H2,1H3,(H,26,29)/t12-/m0/s1. The number of nitrogens with one attached hydrogen (secondary N) is 4. The number of hydrogen-bond donors (Lipinski definition) is 4. The summed E-state index contributed by atoms with van der Waals surface area (Å²) in [5.74, 6) is 0.0356. The molecule has 2 bridgehead atoms. The number of hydrogen-bond acceptors (Lipinski definition) is 6. The highest BCUT2D eigenvalue weighted by molar-refractivity contribution is 6.07. The highest BCUT2D eigenvalue weighted by atomic mass is 19.1. The monoisotopic (exact) mass is 423 g/mol. The second kappa shape index (κ2) is 7.92. The summed E-state index contributed by atoms with van der Waals surface area (Å²) in [6.07, 6.45) is 3.32. The zero-order valence-corrected chi connectivity index (χ0v) is 16.9. The molecule has 0 spiro atoms. The second-order valence-corrected chi connectivity index (χ2v) is 7.44. The van der Waals surface area contributed by atoms with Crippen LogP contribution in [0.5, 0.6) is 11.5 Å². The number of methoxy groups -OCH3 is 1. The van der Waals surface area contributed by atoms with E-state index >= 15 is 0 Å². The lowest BCUT2D eigenvalue weighted by atomic mass is 9.96. The first kappa shape index (κ1) is 19.4. The maximum Gasteiger partial charge on any atom is 0.255 e. The van der Waals surface area contributed by atoms with Gasteiger partial charge in [-0.2, -0.15) is 0 Å². The lowest BCUT2D eigenvalue weighted by Gasteiger charge is -2.24. The molecule has 0 aliphatic carbocycles. The number of benzene rings is 1. The normalized spacial score (nSPS) is 17.6. The zero-order valence-electron chi connectivity index (χ0n) is 16.9. The van der Waals surface area contributed by atoms with Gasteiger partial charge in [0.25, 0.3) is 5.91 Å². The zero-order chi connectivity index (χ0) is 21.4. The number of halogens is 1. The molecule has 4 N–H and O–H groups in total. The Morgan fingerprint density at radius 2 is 2.19 bits per heavy atom. The molecule has 0 radical (unpaired) electrons. The molecule has 2 aromatic heterocycles. The van der Waals surface area contributed by atoms with Crippen molar-refractivity contribution in [1.82, 2.24) is 20.6 Å². The van der Waals surface area contributed by atoms with Crippen LogP contribution in [0, 0.1) is 5.82 Å². The summed E-state index contributed by atoms with van der Waals surface area (Å²) in [6, 6.07) is 6.45. The summed E-state index contributed by atoms with van der Waals surface area (Å²) in [5, 5.41) is 9.60. The van der Waals surface area contributed by atoms with Gasteiger partial charge in [-0.15, -0.1) is 0 Å². The predicted molar refractivity (Wildman–Crippen MR) is 114 cm³/mol. The van der Waals surface area contributed by atoms with Crippen molar-refractivity contribution in [2.75, 3.05) is 38.7 Å². The largest absolute Gasteiger partial charge is 0.492 e. The van der Waals surface area contributed by atoms with Crippen molar-refractivity contribution in [3.05, 3.63) is 53.7 Å². The number of para-hydroxylation sites is 1. The number of fused-ring (bicyclic) bond motifs is 3. The third-order valence-corrected chi connectivity index (χ3v) is 5.59. The Balaban J connectivity index is 1.74. The molecule has 31 heavy (non-hydrogen) atoms. The fourth-order valence-electron chi connectivity index (χ4n) is 4.13. The fraction of sp³-hybridized carbons (Fsp3) is 0.273. The molecule has 1 aromatic carbocycles. The van der Waals surface area contributed by atoms with Gasteiger partial charge in [-0.1, -0.05) is 6.07 Å². The molecule has 0 saturated heterocycles. The van der Waals surface area contributed by atoms with Gasteiger partial charge in [0.1, 0.15) is 12.4 Å². The first-order chi connectivity index (χ1) is 15.2. The highest BCUT2D eigenvalue weighted by Gasteiger charge is 2.34. The Hall–Kier alpha value is -3.59. The Bertz CT molecular complexity index is 1150. The van der Waals surface area contributed by atoms with E-state index in [-0.39, 0.29) is 17.6 Å². The number of pyridine rings is 1. The van der Waals surface area contributed by atoms with Gasteiger partial charge in [0.2, 0.25) is 0 Å². The molecule has 8 nitrogen and oxygen atoms in total. The number of rotatable bonds is 3.